The van der Waals surface area contributed by atoms with Crippen LogP contribution in [0.3, 0.4) is 0 Å². The lowest BCUT2D eigenvalue weighted by atomic mass is 9.97. The minimum atomic E-state index is -1.07. The average molecular weight is 695 g/mol. The van der Waals surface area contributed by atoms with E-state index in [1.165, 1.54) is 0 Å². The van der Waals surface area contributed by atoms with Gasteiger partial charge in [-0.25, -0.2) is 9.59 Å². The van der Waals surface area contributed by atoms with Crippen LogP contribution in [0.15, 0.2) is 164 Å². The van der Waals surface area contributed by atoms with Gasteiger partial charge in [0.1, 0.15) is 30.7 Å². The molecule has 6 aromatic rings. The third-order valence-corrected chi connectivity index (χ3v) is 8.78. The molecule has 0 bridgehead atoms. The van der Waals surface area contributed by atoms with Crippen molar-refractivity contribution in [1.29, 1.82) is 0 Å². The van der Waals surface area contributed by atoms with Gasteiger partial charge in [-0.2, -0.15) is 0 Å². The van der Waals surface area contributed by atoms with Crippen LogP contribution < -0.4 is 4.74 Å². The van der Waals surface area contributed by atoms with Crippen molar-refractivity contribution in [2.45, 2.75) is 43.9 Å². The number of rotatable bonds is 13. The van der Waals surface area contributed by atoms with Gasteiger partial charge in [0.25, 0.3) is 0 Å². The molecule has 1 fully saturated rings. The maximum absolute atomic E-state index is 13.7. The van der Waals surface area contributed by atoms with E-state index in [2.05, 4.69) is 0 Å². The molecular formula is C44H38O8. The van der Waals surface area contributed by atoms with Crippen LogP contribution in [-0.4, -0.2) is 49.3 Å². The van der Waals surface area contributed by atoms with Crippen LogP contribution in [0.4, 0.5) is 0 Å². The van der Waals surface area contributed by atoms with Crippen molar-refractivity contribution in [3.8, 4) is 5.75 Å². The normalized spacial score (nSPS) is 19.8. The Morgan fingerprint density at radius 2 is 1.04 bits per heavy atom. The van der Waals surface area contributed by atoms with Crippen LogP contribution in [-0.2, 0) is 36.9 Å². The van der Waals surface area contributed by atoms with E-state index in [0.29, 0.717) is 16.9 Å². The van der Waals surface area contributed by atoms with Crippen LogP contribution in [0.5, 0.6) is 5.75 Å². The number of ether oxygens (including phenoxy) is 6. The van der Waals surface area contributed by atoms with Gasteiger partial charge in [0.05, 0.1) is 24.3 Å². The fourth-order valence-corrected chi connectivity index (χ4v) is 6.10. The first-order chi connectivity index (χ1) is 25.6. The molecule has 0 radical (unpaired) electrons. The molecule has 1 aliphatic rings. The molecule has 1 heterocycles. The van der Waals surface area contributed by atoms with Crippen LogP contribution in [0, 0.1) is 0 Å². The second-order valence-electron chi connectivity index (χ2n) is 12.4. The molecule has 52 heavy (non-hydrogen) atoms. The number of esters is 2. The van der Waals surface area contributed by atoms with E-state index in [4.69, 9.17) is 28.4 Å². The quantitative estimate of drug-likeness (QED) is 0.112. The minimum Gasteiger partial charge on any atom is -0.462 e. The Labute approximate surface area is 302 Å². The zero-order valence-corrected chi connectivity index (χ0v) is 28.4. The van der Waals surface area contributed by atoms with Gasteiger partial charge in [0, 0.05) is 0 Å². The first kappa shape index (κ1) is 34.6. The van der Waals surface area contributed by atoms with Crippen molar-refractivity contribution in [2.75, 3.05) is 6.61 Å². The Kier molecular flexibility index (Phi) is 11.3. The lowest BCUT2D eigenvalue weighted by Crippen LogP contribution is -2.63. The molecule has 0 saturated carbocycles. The summed E-state index contributed by atoms with van der Waals surface area (Å²) in [4.78, 5) is 26.9. The topological polar surface area (TPSA) is 89.5 Å². The van der Waals surface area contributed by atoms with Gasteiger partial charge in [-0.1, -0.05) is 127 Å². The van der Waals surface area contributed by atoms with Gasteiger partial charge in [-0.15, -0.1) is 0 Å². The lowest BCUT2D eigenvalue weighted by Gasteiger charge is -2.45. The van der Waals surface area contributed by atoms with Crippen molar-refractivity contribution in [1.82, 2.24) is 0 Å². The molecule has 5 atom stereocenters. The predicted molar refractivity (Wildman–Crippen MR) is 196 cm³/mol. The summed E-state index contributed by atoms with van der Waals surface area (Å²) in [6.45, 7) is 0.120. The summed E-state index contributed by atoms with van der Waals surface area (Å²) in [6, 6.07) is 50.5. The highest BCUT2D eigenvalue weighted by molar-refractivity contribution is 5.90. The summed E-state index contributed by atoms with van der Waals surface area (Å²) in [7, 11) is 0. The molecular weight excluding hydrogens is 656 g/mol. The van der Waals surface area contributed by atoms with Gasteiger partial charge in [-0.05, 0) is 58.3 Å². The fraction of sp³-hybridized carbons (Fsp3) is 0.182. The van der Waals surface area contributed by atoms with Gasteiger partial charge >= 0.3 is 11.9 Å². The summed E-state index contributed by atoms with van der Waals surface area (Å²) in [5.41, 5.74) is 2.55. The highest BCUT2D eigenvalue weighted by atomic mass is 16.7. The Hall–Kier alpha value is -5.80. The summed E-state index contributed by atoms with van der Waals surface area (Å²) < 4.78 is 38.6. The van der Waals surface area contributed by atoms with E-state index >= 15 is 0 Å². The number of hydrogen-bond acceptors (Lipinski definition) is 8. The zero-order chi connectivity index (χ0) is 35.5. The van der Waals surface area contributed by atoms with Gasteiger partial charge in [0.2, 0.25) is 6.29 Å². The number of carbonyl (C=O) groups excluding carboxylic acids is 2. The molecule has 1 saturated heterocycles. The number of fused-ring (bicyclic) bond motifs is 1. The van der Waals surface area contributed by atoms with Gasteiger partial charge in [0.15, 0.2) is 6.10 Å². The van der Waals surface area contributed by atoms with Crippen molar-refractivity contribution < 1.29 is 38.0 Å². The average Bonchev–Trinajstić information content (AvgIpc) is 3.20. The van der Waals surface area contributed by atoms with Crippen molar-refractivity contribution >= 4 is 22.7 Å². The highest BCUT2D eigenvalue weighted by Crippen LogP contribution is 2.33. The summed E-state index contributed by atoms with van der Waals surface area (Å²) in [5.74, 6) is -0.593. The molecule has 0 unspecified atom stereocenters. The van der Waals surface area contributed by atoms with E-state index < -0.39 is 42.6 Å². The van der Waals surface area contributed by atoms with Gasteiger partial charge in [-0.3, -0.25) is 0 Å². The molecule has 262 valence electrons. The standard InChI is InChI=1S/C44H38O8/c45-42(34-20-9-3-10-21-34)49-30-38-39(52-43(46)35-22-11-4-12-23-35)40(47-28-31-15-5-1-6-16-31)41(48-29-32-17-7-2-8-18-32)44(51-38)50-37-26-25-33-19-13-14-24-36(33)27-37/h1-27,38-41,44H,28-30H2/t38-,39-,40+,41-,44-/m1/s1. The first-order valence-corrected chi connectivity index (χ1v) is 17.2. The minimum absolute atomic E-state index is 0.176. The third kappa shape index (κ3) is 8.73. The summed E-state index contributed by atoms with van der Waals surface area (Å²) in [5, 5.41) is 2.04. The lowest BCUT2D eigenvalue weighted by molar-refractivity contribution is -0.298. The molecule has 8 heteroatoms. The molecule has 6 aromatic carbocycles. The van der Waals surface area contributed by atoms with E-state index in [-0.39, 0.29) is 19.8 Å². The molecule has 0 amide bonds. The Balaban J connectivity index is 1.26. The molecule has 0 N–H and O–H groups in total. The molecule has 0 aliphatic carbocycles. The van der Waals surface area contributed by atoms with Crippen LogP contribution in [0.25, 0.3) is 10.8 Å². The van der Waals surface area contributed by atoms with E-state index in [1.54, 1.807) is 48.5 Å². The Bertz CT molecular complexity index is 2040. The second kappa shape index (κ2) is 16.9. The number of hydrogen-bond donors (Lipinski definition) is 0. The maximum Gasteiger partial charge on any atom is 0.338 e. The number of carbonyl (C=O) groups is 2. The number of benzene rings is 6. The zero-order valence-electron chi connectivity index (χ0n) is 28.4. The largest absolute Gasteiger partial charge is 0.462 e. The monoisotopic (exact) mass is 694 g/mol. The van der Waals surface area contributed by atoms with E-state index in [1.807, 2.05) is 115 Å². The molecule has 0 aromatic heterocycles. The highest BCUT2D eigenvalue weighted by Gasteiger charge is 2.51. The molecule has 1 aliphatic heterocycles. The predicted octanol–water partition coefficient (Wildman–Crippen LogP) is 8.20. The summed E-state index contributed by atoms with van der Waals surface area (Å²) in [6.07, 6.45) is -4.95. The van der Waals surface area contributed by atoms with Gasteiger partial charge < -0.3 is 28.4 Å². The van der Waals surface area contributed by atoms with Crippen LogP contribution in [0.2, 0.25) is 0 Å². The van der Waals surface area contributed by atoms with Crippen LogP contribution >= 0.6 is 0 Å². The van der Waals surface area contributed by atoms with E-state index in [0.717, 1.165) is 21.9 Å². The molecule has 8 nitrogen and oxygen atoms in total. The fourth-order valence-electron chi connectivity index (χ4n) is 6.10. The molecule has 0 spiro atoms. The second-order valence-corrected chi connectivity index (χ2v) is 12.4. The van der Waals surface area contributed by atoms with Crippen molar-refractivity contribution in [3.05, 3.63) is 186 Å². The SMILES string of the molecule is O=C(OC[C@H]1O[C@@H](Oc2ccc3ccccc3c2)[C@H](OCc2ccccc2)[C@@H](OCc2ccccc2)[C@@H]1OC(=O)c1ccccc1)c1ccccc1. The molecule has 7 rings (SSSR count). The van der Waals surface area contributed by atoms with E-state index in [9.17, 15) is 9.59 Å². The Morgan fingerprint density at radius 3 is 1.65 bits per heavy atom. The smallest absolute Gasteiger partial charge is 0.338 e. The van der Waals surface area contributed by atoms with Crippen LogP contribution in [0.1, 0.15) is 31.8 Å². The van der Waals surface area contributed by atoms with Crippen molar-refractivity contribution in [2.24, 2.45) is 0 Å². The van der Waals surface area contributed by atoms with Crippen molar-refractivity contribution in [3.63, 3.8) is 0 Å². The maximum atomic E-state index is 13.7. The Morgan fingerprint density at radius 1 is 0.519 bits per heavy atom. The first-order valence-electron chi connectivity index (χ1n) is 17.2. The third-order valence-electron chi connectivity index (χ3n) is 8.78. The summed E-state index contributed by atoms with van der Waals surface area (Å²) >= 11 is 0.